The summed E-state index contributed by atoms with van der Waals surface area (Å²) in [6, 6.07) is 8.13. The van der Waals surface area contributed by atoms with Crippen LogP contribution in [0.15, 0.2) is 29.3 Å². The summed E-state index contributed by atoms with van der Waals surface area (Å²) in [6.45, 7) is 3.14. The van der Waals surface area contributed by atoms with E-state index < -0.39 is 0 Å². The second-order valence-corrected chi connectivity index (χ2v) is 5.52. The molecule has 0 aromatic heterocycles. The first-order valence-corrected chi connectivity index (χ1v) is 7.63. The third-order valence-corrected chi connectivity index (χ3v) is 4.20. The summed E-state index contributed by atoms with van der Waals surface area (Å²) in [5.74, 6) is 0.952. The lowest BCUT2D eigenvalue weighted by atomic mass is 10.2. The molecule has 1 aromatic rings. The molecule has 0 aliphatic carbocycles. The van der Waals surface area contributed by atoms with Gasteiger partial charge in [-0.3, -0.25) is 9.79 Å². The molecule has 2 aliphatic heterocycles. The van der Waals surface area contributed by atoms with E-state index in [2.05, 4.69) is 21.3 Å². The summed E-state index contributed by atoms with van der Waals surface area (Å²) in [7, 11) is 1.77. The number of carbonyl (C=O) groups is 1. The first-order chi connectivity index (χ1) is 10.3. The largest absolute Gasteiger partial charge is 0.347 e. The molecule has 1 N–H and O–H groups in total. The predicted molar refractivity (Wildman–Crippen MR) is 100 cm³/mol. The van der Waals surface area contributed by atoms with Gasteiger partial charge in [-0.2, -0.15) is 0 Å². The summed E-state index contributed by atoms with van der Waals surface area (Å²) in [6.07, 6.45) is 3.35. The van der Waals surface area contributed by atoms with Crippen molar-refractivity contribution in [2.24, 2.45) is 4.99 Å². The Balaban J connectivity index is 0.00000176. The summed E-state index contributed by atoms with van der Waals surface area (Å²) in [5, 5.41) is 3.20. The van der Waals surface area contributed by atoms with Crippen LogP contribution < -0.4 is 10.2 Å². The molecule has 120 valence electrons. The first kappa shape index (κ1) is 17.1. The average Bonchev–Trinajstić information content (AvgIpc) is 3.17. The number of carbonyl (C=O) groups excluding carboxylic acids is 1. The van der Waals surface area contributed by atoms with Crippen LogP contribution in [-0.4, -0.2) is 50.0 Å². The monoisotopic (exact) mass is 414 g/mol. The number of fused-ring (bicyclic) bond motifs is 1. The van der Waals surface area contributed by atoms with Crippen molar-refractivity contribution in [1.82, 2.24) is 10.2 Å². The van der Waals surface area contributed by atoms with E-state index in [9.17, 15) is 4.79 Å². The Labute approximate surface area is 148 Å². The number of amides is 1. The van der Waals surface area contributed by atoms with Gasteiger partial charge < -0.3 is 15.1 Å². The molecule has 0 atom stereocenters. The Hall–Kier alpha value is -1.31. The molecular weight excluding hydrogens is 391 g/mol. The molecule has 1 saturated heterocycles. The molecule has 1 aromatic carbocycles. The number of halogens is 1. The van der Waals surface area contributed by atoms with Gasteiger partial charge in [0.25, 0.3) is 0 Å². The van der Waals surface area contributed by atoms with Crippen molar-refractivity contribution in [2.45, 2.75) is 19.3 Å². The maximum absolute atomic E-state index is 12.4. The number of nitrogens with one attached hydrogen (secondary N) is 1. The Kier molecular flexibility index (Phi) is 6.05. The van der Waals surface area contributed by atoms with Gasteiger partial charge in [-0.25, -0.2) is 0 Å². The highest BCUT2D eigenvalue weighted by Gasteiger charge is 2.24. The van der Waals surface area contributed by atoms with Crippen molar-refractivity contribution in [3.05, 3.63) is 29.8 Å². The molecule has 2 aliphatic rings. The second kappa shape index (κ2) is 7.80. The van der Waals surface area contributed by atoms with Crippen molar-refractivity contribution in [3.63, 3.8) is 0 Å². The number of likely N-dealkylation sites (tertiary alicyclic amines) is 1. The zero-order valence-electron chi connectivity index (χ0n) is 12.9. The van der Waals surface area contributed by atoms with Crippen LogP contribution in [0.2, 0.25) is 0 Å². The van der Waals surface area contributed by atoms with Crippen molar-refractivity contribution in [1.29, 1.82) is 0 Å². The summed E-state index contributed by atoms with van der Waals surface area (Å²) in [4.78, 5) is 20.8. The fraction of sp³-hybridized carbons (Fsp3) is 0.500. The summed E-state index contributed by atoms with van der Waals surface area (Å²) >= 11 is 0. The van der Waals surface area contributed by atoms with Crippen LogP contribution in [0.1, 0.15) is 18.4 Å². The van der Waals surface area contributed by atoms with Crippen LogP contribution in [0.5, 0.6) is 0 Å². The molecule has 0 saturated carbocycles. The topological polar surface area (TPSA) is 47.9 Å². The van der Waals surface area contributed by atoms with Gasteiger partial charge in [-0.15, -0.1) is 24.0 Å². The van der Waals surface area contributed by atoms with E-state index in [1.807, 2.05) is 23.1 Å². The average molecular weight is 414 g/mol. The van der Waals surface area contributed by atoms with Crippen LogP contribution in [0.25, 0.3) is 0 Å². The number of hydrogen-bond donors (Lipinski definition) is 1. The molecule has 1 fully saturated rings. The number of benzene rings is 1. The molecule has 2 heterocycles. The third kappa shape index (κ3) is 3.53. The quantitative estimate of drug-likeness (QED) is 0.457. The highest BCUT2D eigenvalue weighted by Crippen LogP contribution is 2.27. The van der Waals surface area contributed by atoms with E-state index in [1.54, 1.807) is 7.05 Å². The Bertz CT molecular complexity index is 555. The Morgan fingerprint density at radius 1 is 1.23 bits per heavy atom. The molecule has 0 unspecified atom stereocenters. The van der Waals surface area contributed by atoms with Gasteiger partial charge in [0, 0.05) is 32.4 Å². The number of guanidine groups is 1. The minimum absolute atomic E-state index is 0. The molecule has 3 rings (SSSR count). The predicted octanol–water partition coefficient (Wildman–Crippen LogP) is 1.86. The van der Waals surface area contributed by atoms with Crippen LogP contribution >= 0.6 is 24.0 Å². The van der Waals surface area contributed by atoms with Gasteiger partial charge in [0.15, 0.2) is 5.96 Å². The van der Waals surface area contributed by atoms with E-state index in [0.717, 1.165) is 37.7 Å². The van der Waals surface area contributed by atoms with Gasteiger partial charge in [0.2, 0.25) is 5.91 Å². The van der Waals surface area contributed by atoms with Crippen molar-refractivity contribution in [3.8, 4) is 0 Å². The highest BCUT2D eigenvalue weighted by molar-refractivity contribution is 14.0. The van der Waals surface area contributed by atoms with Gasteiger partial charge in [0.1, 0.15) is 0 Å². The van der Waals surface area contributed by atoms with E-state index in [-0.39, 0.29) is 29.9 Å². The smallest absolute Gasteiger partial charge is 0.246 e. The lowest BCUT2D eigenvalue weighted by Gasteiger charge is -2.22. The van der Waals surface area contributed by atoms with Crippen LogP contribution in [-0.2, 0) is 11.2 Å². The maximum atomic E-state index is 12.4. The maximum Gasteiger partial charge on any atom is 0.246 e. The SMILES string of the molecule is CN=C(NCC(=O)N1CCc2ccccc21)N1CCCC1.I. The molecule has 0 spiro atoms. The number of aliphatic imine (C=N–C) groups is 1. The Morgan fingerprint density at radius 2 is 1.95 bits per heavy atom. The number of nitrogens with zero attached hydrogens (tertiary/aromatic N) is 3. The van der Waals surface area contributed by atoms with Crippen molar-refractivity contribution in [2.75, 3.05) is 38.1 Å². The third-order valence-electron chi connectivity index (χ3n) is 4.20. The minimum atomic E-state index is 0. The van der Waals surface area contributed by atoms with Gasteiger partial charge in [-0.1, -0.05) is 18.2 Å². The lowest BCUT2D eigenvalue weighted by Crippen LogP contribution is -2.45. The van der Waals surface area contributed by atoms with Crippen LogP contribution in [0.3, 0.4) is 0 Å². The molecule has 6 heteroatoms. The first-order valence-electron chi connectivity index (χ1n) is 7.63. The van der Waals surface area contributed by atoms with Crippen molar-refractivity contribution >= 4 is 41.5 Å². The van der Waals surface area contributed by atoms with E-state index in [0.29, 0.717) is 6.54 Å². The van der Waals surface area contributed by atoms with Crippen LogP contribution in [0.4, 0.5) is 5.69 Å². The zero-order valence-corrected chi connectivity index (χ0v) is 15.2. The fourth-order valence-electron chi connectivity index (χ4n) is 3.11. The summed E-state index contributed by atoms with van der Waals surface area (Å²) in [5.41, 5.74) is 2.32. The molecule has 0 bridgehead atoms. The van der Waals surface area contributed by atoms with Gasteiger partial charge >= 0.3 is 0 Å². The molecular formula is C16H23IN4O. The second-order valence-electron chi connectivity index (χ2n) is 5.52. The number of anilines is 1. The van der Waals surface area contributed by atoms with Gasteiger partial charge in [-0.05, 0) is 30.9 Å². The van der Waals surface area contributed by atoms with E-state index >= 15 is 0 Å². The zero-order chi connectivity index (χ0) is 14.7. The molecule has 5 nitrogen and oxygen atoms in total. The minimum Gasteiger partial charge on any atom is -0.347 e. The number of para-hydroxylation sites is 1. The normalized spacial score (nSPS) is 17.2. The van der Waals surface area contributed by atoms with Gasteiger partial charge in [0.05, 0.1) is 6.54 Å². The summed E-state index contributed by atoms with van der Waals surface area (Å²) < 4.78 is 0. The fourth-order valence-corrected chi connectivity index (χ4v) is 3.11. The van der Waals surface area contributed by atoms with Crippen LogP contribution in [0, 0.1) is 0 Å². The number of rotatable bonds is 2. The highest BCUT2D eigenvalue weighted by atomic mass is 127. The molecule has 0 radical (unpaired) electrons. The molecule has 22 heavy (non-hydrogen) atoms. The number of hydrogen-bond acceptors (Lipinski definition) is 2. The van der Waals surface area contributed by atoms with E-state index in [1.165, 1.54) is 18.4 Å². The Morgan fingerprint density at radius 3 is 2.68 bits per heavy atom. The van der Waals surface area contributed by atoms with E-state index in [4.69, 9.17) is 0 Å². The molecule has 1 amide bonds. The van der Waals surface area contributed by atoms with Crippen molar-refractivity contribution < 1.29 is 4.79 Å². The lowest BCUT2D eigenvalue weighted by molar-refractivity contribution is -0.117. The standard InChI is InChI=1S/C16H22N4O.HI/c1-17-16(19-9-4-5-10-19)18-12-15(21)20-11-8-13-6-2-3-7-14(13)20;/h2-3,6-7H,4-5,8-12H2,1H3,(H,17,18);1H.